The van der Waals surface area contributed by atoms with Gasteiger partial charge in [-0.25, -0.2) is 13.4 Å². The zero-order valence-electron chi connectivity index (χ0n) is 15.5. The van der Waals surface area contributed by atoms with Crippen LogP contribution in [0.1, 0.15) is 12.0 Å². The molecule has 30 heavy (non-hydrogen) atoms. The number of amides is 1. The Bertz CT molecular complexity index is 1010. The zero-order valence-corrected chi connectivity index (χ0v) is 16.3. The summed E-state index contributed by atoms with van der Waals surface area (Å²) >= 11 is 0. The number of carbonyl (C=O) groups excluding carboxylic acids is 1. The lowest BCUT2D eigenvalue weighted by Gasteiger charge is -2.17. The summed E-state index contributed by atoms with van der Waals surface area (Å²) in [5, 5.41) is 0. The summed E-state index contributed by atoms with van der Waals surface area (Å²) in [6.45, 7) is -0.215. The Morgan fingerprint density at radius 3 is 2.57 bits per heavy atom. The Morgan fingerprint density at radius 1 is 1.23 bits per heavy atom. The fourth-order valence-corrected chi connectivity index (χ4v) is 4.33. The molecule has 1 aliphatic heterocycles. The van der Waals surface area contributed by atoms with Crippen molar-refractivity contribution < 1.29 is 35.9 Å². The number of nitrogens with two attached hydrogens (primary N) is 1. The number of benzene rings is 1. The van der Waals surface area contributed by atoms with E-state index in [1.165, 1.54) is 28.6 Å². The molecule has 0 saturated carbocycles. The molecular weight excluding hydrogens is 427 g/mol. The number of halogens is 3. The van der Waals surface area contributed by atoms with Crippen LogP contribution in [0.15, 0.2) is 47.5 Å². The second-order valence-electron chi connectivity index (χ2n) is 6.50. The first-order chi connectivity index (χ1) is 14.1. The van der Waals surface area contributed by atoms with Gasteiger partial charge in [-0.05, 0) is 36.8 Å². The Labute approximate surface area is 170 Å². The minimum Gasteiger partial charge on any atom is -0.484 e. The molecule has 1 aromatic carbocycles. The Hall–Kier alpha value is -2.86. The van der Waals surface area contributed by atoms with Gasteiger partial charge in [0.25, 0.3) is 5.91 Å². The van der Waals surface area contributed by atoms with Gasteiger partial charge in [0.2, 0.25) is 15.9 Å². The highest BCUT2D eigenvalue weighted by Crippen LogP contribution is 2.31. The van der Waals surface area contributed by atoms with Crippen molar-refractivity contribution in [3.05, 3.63) is 48.2 Å². The van der Waals surface area contributed by atoms with Crippen molar-refractivity contribution in [2.75, 3.05) is 19.7 Å². The molecule has 0 aliphatic carbocycles. The van der Waals surface area contributed by atoms with E-state index in [0.29, 0.717) is 6.42 Å². The Morgan fingerprint density at radius 2 is 1.93 bits per heavy atom. The first-order valence-electron chi connectivity index (χ1n) is 8.77. The summed E-state index contributed by atoms with van der Waals surface area (Å²) in [4.78, 5) is 14.5. The minimum absolute atomic E-state index is 0.00627. The fourth-order valence-electron chi connectivity index (χ4n) is 2.84. The van der Waals surface area contributed by atoms with Gasteiger partial charge in [0.15, 0.2) is 6.61 Å². The number of pyridine rings is 1. The zero-order chi connectivity index (χ0) is 21.9. The molecule has 1 unspecified atom stereocenters. The standard InChI is InChI=1S/C18H18F3N3O5S/c19-18(20,21)12-5-7-23-17(9-12)29-14-6-8-24(10-14)30(26,27)15-3-1-13(2-4-15)28-11-16(22)25/h1-5,7,9,14H,6,8,10-11H2,(H2,22,25). The molecule has 12 heteroatoms. The van der Waals surface area contributed by atoms with Gasteiger partial charge in [0.1, 0.15) is 11.9 Å². The smallest absolute Gasteiger partial charge is 0.416 e. The third-order valence-electron chi connectivity index (χ3n) is 4.30. The highest BCUT2D eigenvalue weighted by molar-refractivity contribution is 7.89. The number of aromatic nitrogens is 1. The SMILES string of the molecule is NC(=O)COc1ccc(S(=O)(=O)N2CCC(Oc3cc(C(F)(F)F)ccn3)C2)cc1. The molecule has 2 N–H and O–H groups in total. The van der Waals surface area contributed by atoms with Crippen molar-refractivity contribution in [2.24, 2.45) is 5.73 Å². The third-order valence-corrected chi connectivity index (χ3v) is 6.18. The lowest BCUT2D eigenvalue weighted by Crippen LogP contribution is -2.31. The molecule has 1 fully saturated rings. The topological polar surface area (TPSA) is 112 Å². The van der Waals surface area contributed by atoms with Crippen LogP contribution >= 0.6 is 0 Å². The average molecular weight is 445 g/mol. The second-order valence-corrected chi connectivity index (χ2v) is 8.44. The van der Waals surface area contributed by atoms with Gasteiger partial charge in [-0.3, -0.25) is 4.79 Å². The van der Waals surface area contributed by atoms with E-state index in [2.05, 4.69) is 4.98 Å². The summed E-state index contributed by atoms with van der Waals surface area (Å²) in [6, 6.07) is 7.05. The number of nitrogens with zero attached hydrogens (tertiary/aromatic N) is 2. The van der Waals surface area contributed by atoms with Crippen LogP contribution in [-0.4, -0.2) is 49.4 Å². The number of hydrogen-bond acceptors (Lipinski definition) is 6. The molecule has 0 bridgehead atoms. The minimum atomic E-state index is -4.53. The molecule has 0 spiro atoms. The molecule has 1 atom stereocenters. The predicted molar refractivity (Wildman–Crippen MR) is 98.2 cm³/mol. The van der Waals surface area contributed by atoms with Crippen LogP contribution in [0.2, 0.25) is 0 Å². The second kappa shape index (κ2) is 8.48. The highest BCUT2D eigenvalue weighted by atomic mass is 32.2. The monoisotopic (exact) mass is 445 g/mol. The van der Waals surface area contributed by atoms with E-state index in [1.54, 1.807) is 0 Å². The van der Waals surface area contributed by atoms with Crippen LogP contribution in [0.3, 0.4) is 0 Å². The van der Waals surface area contributed by atoms with E-state index < -0.39 is 33.8 Å². The van der Waals surface area contributed by atoms with Gasteiger partial charge in [-0.2, -0.15) is 17.5 Å². The van der Waals surface area contributed by atoms with Gasteiger partial charge in [0, 0.05) is 18.8 Å². The molecule has 3 rings (SSSR count). The maximum Gasteiger partial charge on any atom is 0.416 e. The molecule has 1 aromatic heterocycles. The van der Waals surface area contributed by atoms with Crippen LogP contribution in [0.4, 0.5) is 13.2 Å². The maximum absolute atomic E-state index is 12.8. The number of carbonyl (C=O) groups is 1. The number of ether oxygens (including phenoxy) is 2. The van der Waals surface area contributed by atoms with E-state index in [4.69, 9.17) is 15.2 Å². The molecule has 8 nitrogen and oxygen atoms in total. The fraction of sp³-hybridized carbons (Fsp3) is 0.333. The molecule has 1 amide bonds. The summed E-state index contributed by atoms with van der Waals surface area (Å²) in [6.07, 6.45) is -3.87. The Balaban J connectivity index is 1.65. The molecule has 2 heterocycles. The van der Waals surface area contributed by atoms with E-state index in [-0.39, 0.29) is 36.2 Å². The number of rotatable bonds is 7. The van der Waals surface area contributed by atoms with Crippen LogP contribution in [-0.2, 0) is 21.0 Å². The van der Waals surface area contributed by atoms with Gasteiger partial charge in [-0.15, -0.1) is 0 Å². The number of alkyl halides is 3. The molecule has 1 saturated heterocycles. The lowest BCUT2D eigenvalue weighted by atomic mass is 10.2. The van der Waals surface area contributed by atoms with Crippen LogP contribution in [0.25, 0.3) is 0 Å². The molecule has 162 valence electrons. The summed E-state index contributed by atoms with van der Waals surface area (Å²) in [7, 11) is -3.84. The van der Waals surface area contributed by atoms with E-state index in [9.17, 15) is 26.4 Å². The van der Waals surface area contributed by atoms with Crippen molar-refractivity contribution in [2.45, 2.75) is 23.6 Å². The summed E-state index contributed by atoms with van der Waals surface area (Å²) < 4.78 is 75.7. The first-order valence-corrected chi connectivity index (χ1v) is 10.2. The molecule has 2 aromatic rings. The van der Waals surface area contributed by atoms with Gasteiger partial charge in [0.05, 0.1) is 17.0 Å². The van der Waals surface area contributed by atoms with Gasteiger partial charge in [-0.1, -0.05) is 0 Å². The van der Waals surface area contributed by atoms with Crippen LogP contribution in [0, 0.1) is 0 Å². The first kappa shape index (κ1) is 21.8. The van der Waals surface area contributed by atoms with Gasteiger partial charge < -0.3 is 15.2 Å². The van der Waals surface area contributed by atoms with Crippen LogP contribution < -0.4 is 15.2 Å². The third kappa shape index (κ3) is 5.19. The van der Waals surface area contributed by atoms with E-state index in [0.717, 1.165) is 18.3 Å². The van der Waals surface area contributed by atoms with Crippen LogP contribution in [0.5, 0.6) is 11.6 Å². The lowest BCUT2D eigenvalue weighted by molar-refractivity contribution is -0.137. The predicted octanol–water partition coefficient (Wildman–Crippen LogP) is 1.81. The maximum atomic E-state index is 12.8. The number of sulfonamides is 1. The van der Waals surface area contributed by atoms with E-state index in [1.807, 2.05) is 0 Å². The van der Waals surface area contributed by atoms with Crippen molar-refractivity contribution in [1.29, 1.82) is 0 Å². The molecule has 0 radical (unpaired) electrons. The molecular formula is C18H18F3N3O5S. The highest BCUT2D eigenvalue weighted by Gasteiger charge is 2.35. The molecule has 1 aliphatic rings. The number of primary amides is 1. The van der Waals surface area contributed by atoms with Crippen molar-refractivity contribution in [3.8, 4) is 11.6 Å². The summed E-state index contributed by atoms with van der Waals surface area (Å²) in [5.74, 6) is -0.596. The normalized spacial score (nSPS) is 17.6. The van der Waals surface area contributed by atoms with E-state index >= 15 is 0 Å². The quantitative estimate of drug-likeness (QED) is 0.696. The van der Waals surface area contributed by atoms with Crippen molar-refractivity contribution in [3.63, 3.8) is 0 Å². The number of hydrogen-bond donors (Lipinski definition) is 1. The average Bonchev–Trinajstić information content (AvgIpc) is 3.15. The largest absolute Gasteiger partial charge is 0.484 e. The van der Waals surface area contributed by atoms with Gasteiger partial charge >= 0.3 is 6.18 Å². The Kier molecular flexibility index (Phi) is 6.17. The summed E-state index contributed by atoms with van der Waals surface area (Å²) in [5.41, 5.74) is 4.09. The van der Waals surface area contributed by atoms with Crippen molar-refractivity contribution in [1.82, 2.24) is 9.29 Å². The van der Waals surface area contributed by atoms with Crippen molar-refractivity contribution >= 4 is 15.9 Å².